The van der Waals surface area contributed by atoms with Crippen LogP contribution >= 0.6 is 24.0 Å². The van der Waals surface area contributed by atoms with Crippen LogP contribution in [0, 0.1) is 6.92 Å². The summed E-state index contributed by atoms with van der Waals surface area (Å²) in [4.78, 5) is 38.5. The number of benzene rings is 1. The Morgan fingerprint density at radius 3 is 2.49 bits per heavy atom. The molecule has 2 aliphatic rings. The highest BCUT2D eigenvalue weighted by molar-refractivity contribution is 8.26. The smallest absolute Gasteiger partial charge is 0.267 e. The van der Waals surface area contributed by atoms with Crippen LogP contribution in [0.15, 0.2) is 58.4 Å². The molecule has 9 heteroatoms. The number of rotatable bonds is 4. The van der Waals surface area contributed by atoms with Crippen LogP contribution in [0.3, 0.4) is 0 Å². The van der Waals surface area contributed by atoms with Crippen LogP contribution in [0.25, 0.3) is 11.7 Å². The first-order valence-electron chi connectivity index (χ1n) is 11.6. The highest BCUT2D eigenvalue weighted by Crippen LogP contribution is 2.38. The second-order valence-electron chi connectivity index (χ2n) is 9.02. The Morgan fingerprint density at radius 2 is 1.77 bits per heavy atom. The van der Waals surface area contributed by atoms with Crippen molar-refractivity contribution in [3.05, 3.63) is 80.6 Å². The Kier molecular flexibility index (Phi) is 6.48. The van der Waals surface area contributed by atoms with Crippen molar-refractivity contribution in [2.75, 3.05) is 38.1 Å². The van der Waals surface area contributed by atoms with Crippen molar-refractivity contribution >= 4 is 51.7 Å². The zero-order valence-electron chi connectivity index (χ0n) is 20.0. The van der Waals surface area contributed by atoms with Crippen molar-refractivity contribution in [2.45, 2.75) is 19.9 Å². The number of fused-ring (bicyclic) bond motifs is 1. The van der Waals surface area contributed by atoms with Crippen LogP contribution in [0.5, 0.6) is 0 Å². The molecule has 5 rings (SSSR count). The van der Waals surface area contributed by atoms with Gasteiger partial charge in [-0.25, -0.2) is 4.98 Å². The van der Waals surface area contributed by atoms with Crippen LogP contribution < -0.4 is 10.5 Å². The van der Waals surface area contributed by atoms with E-state index in [4.69, 9.17) is 17.2 Å². The summed E-state index contributed by atoms with van der Waals surface area (Å²) in [6.07, 6.45) is 3.48. The first-order chi connectivity index (χ1) is 16.8. The third-order valence-corrected chi connectivity index (χ3v) is 7.89. The number of hydrogen-bond acceptors (Lipinski definition) is 7. The average molecular weight is 506 g/mol. The molecule has 1 atom stereocenters. The number of carbonyl (C=O) groups is 1. The first-order valence-corrected chi connectivity index (χ1v) is 12.8. The summed E-state index contributed by atoms with van der Waals surface area (Å²) < 4.78 is 2.05. The average Bonchev–Trinajstić information content (AvgIpc) is 3.14. The minimum Gasteiger partial charge on any atom is -0.353 e. The summed E-state index contributed by atoms with van der Waals surface area (Å²) in [5.41, 5.74) is 2.80. The monoisotopic (exact) mass is 505 g/mol. The Morgan fingerprint density at radius 1 is 1.06 bits per heavy atom. The van der Waals surface area contributed by atoms with Crippen LogP contribution in [-0.2, 0) is 4.79 Å². The first kappa shape index (κ1) is 23.7. The number of thioether (sulfide) groups is 1. The van der Waals surface area contributed by atoms with E-state index in [1.807, 2.05) is 56.3 Å². The maximum atomic E-state index is 13.7. The van der Waals surface area contributed by atoms with Gasteiger partial charge >= 0.3 is 0 Å². The number of aryl methyl sites for hydroxylation is 1. The van der Waals surface area contributed by atoms with Crippen molar-refractivity contribution in [3.63, 3.8) is 0 Å². The van der Waals surface area contributed by atoms with E-state index < -0.39 is 0 Å². The van der Waals surface area contributed by atoms with E-state index in [1.165, 1.54) is 11.8 Å². The molecule has 0 unspecified atom stereocenters. The van der Waals surface area contributed by atoms with Crippen molar-refractivity contribution < 1.29 is 4.79 Å². The van der Waals surface area contributed by atoms with Gasteiger partial charge in [-0.2, -0.15) is 0 Å². The van der Waals surface area contributed by atoms with Crippen LogP contribution in [0.4, 0.5) is 5.82 Å². The maximum Gasteiger partial charge on any atom is 0.267 e. The van der Waals surface area contributed by atoms with Crippen molar-refractivity contribution in [1.82, 2.24) is 19.2 Å². The second-order valence-corrected chi connectivity index (χ2v) is 10.7. The molecule has 7 nitrogen and oxygen atoms in total. The van der Waals surface area contributed by atoms with E-state index in [9.17, 15) is 9.59 Å². The highest BCUT2D eigenvalue weighted by Gasteiger charge is 2.36. The molecule has 0 saturated carbocycles. The predicted molar refractivity (Wildman–Crippen MR) is 146 cm³/mol. The topological polar surface area (TPSA) is 61.2 Å². The zero-order chi connectivity index (χ0) is 24.7. The highest BCUT2D eigenvalue weighted by atomic mass is 32.2. The van der Waals surface area contributed by atoms with Gasteiger partial charge in [-0.15, -0.1) is 0 Å². The van der Waals surface area contributed by atoms with Crippen LogP contribution in [0.2, 0.25) is 0 Å². The number of piperazine rings is 1. The fourth-order valence-corrected chi connectivity index (χ4v) is 5.86. The van der Waals surface area contributed by atoms with Gasteiger partial charge in [0.05, 0.1) is 16.5 Å². The lowest BCUT2D eigenvalue weighted by atomic mass is 10.1. The van der Waals surface area contributed by atoms with Gasteiger partial charge in [-0.3, -0.25) is 18.9 Å². The zero-order valence-corrected chi connectivity index (χ0v) is 21.6. The molecular weight excluding hydrogens is 478 g/mol. The fraction of sp³-hybridized carbons (Fsp3) is 0.308. The molecule has 0 spiro atoms. The molecule has 0 radical (unpaired) electrons. The largest absolute Gasteiger partial charge is 0.353 e. The van der Waals surface area contributed by atoms with Crippen molar-refractivity contribution in [3.8, 4) is 0 Å². The number of carbonyl (C=O) groups excluding carboxylic acids is 1. The van der Waals surface area contributed by atoms with Gasteiger partial charge < -0.3 is 9.80 Å². The summed E-state index contributed by atoms with van der Waals surface area (Å²) in [7, 11) is 2.09. The minimum atomic E-state index is -0.204. The van der Waals surface area contributed by atoms with Gasteiger partial charge in [-0.1, -0.05) is 60.4 Å². The lowest BCUT2D eigenvalue weighted by molar-refractivity contribution is -0.123. The molecule has 0 aliphatic carbocycles. The van der Waals surface area contributed by atoms with E-state index in [0.29, 0.717) is 26.3 Å². The van der Waals surface area contributed by atoms with E-state index in [0.717, 1.165) is 37.3 Å². The molecule has 0 N–H and O–H groups in total. The standard InChI is InChI=1S/C26H27N5O2S2/c1-17-9-10-22-27-23(29-13-11-28(3)12-14-29)20(24(32)30(22)16-17)15-21-25(33)31(26(34)35-21)18(2)19-7-5-4-6-8-19/h4-10,15-16,18H,11-14H2,1-3H3/b21-15-/t18-/m0/s1. The molecule has 2 fully saturated rings. The summed E-state index contributed by atoms with van der Waals surface area (Å²) >= 11 is 6.84. The molecule has 3 aromatic rings. The molecule has 0 bridgehead atoms. The van der Waals surface area contributed by atoms with Gasteiger partial charge in [0.1, 0.15) is 15.8 Å². The van der Waals surface area contributed by atoms with Gasteiger partial charge in [0, 0.05) is 32.4 Å². The molecule has 35 heavy (non-hydrogen) atoms. The predicted octanol–water partition coefficient (Wildman–Crippen LogP) is 3.72. The van der Waals surface area contributed by atoms with Crippen LogP contribution in [0.1, 0.15) is 29.7 Å². The Bertz CT molecular complexity index is 1390. The maximum absolute atomic E-state index is 13.7. The molecule has 2 aliphatic heterocycles. The van der Waals surface area contributed by atoms with Gasteiger partial charge in [0.2, 0.25) is 0 Å². The Labute approximate surface area is 214 Å². The van der Waals surface area contributed by atoms with Gasteiger partial charge in [0.15, 0.2) is 0 Å². The van der Waals surface area contributed by atoms with E-state index >= 15 is 0 Å². The summed E-state index contributed by atoms with van der Waals surface area (Å²) in [5, 5.41) is 0. The molecular formula is C26H27N5O2S2. The number of amides is 1. The summed E-state index contributed by atoms with van der Waals surface area (Å²) in [6.45, 7) is 7.19. The van der Waals surface area contributed by atoms with E-state index in [-0.39, 0.29) is 17.5 Å². The number of hydrogen-bond donors (Lipinski definition) is 0. The quantitative estimate of drug-likeness (QED) is 0.396. The van der Waals surface area contributed by atoms with E-state index in [2.05, 4.69) is 16.8 Å². The number of aromatic nitrogens is 2. The molecule has 1 amide bonds. The van der Waals surface area contributed by atoms with E-state index in [1.54, 1.807) is 21.6 Å². The van der Waals surface area contributed by atoms with Crippen molar-refractivity contribution in [1.29, 1.82) is 0 Å². The lowest BCUT2D eigenvalue weighted by Gasteiger charge is -2.34. The Hall–Kier alpha value is -3.01. The number of likely N-dealkylation sites (N-methyl/N-ethyl adjacent to an activating group) is 1. The molecule has 2 saturated heterocycles. The molecule has 2 aromatic heterocycles. The number of nitrogens with zero attached hydrogens (tertiary/aromatic N) is 5. The Balaban J connectivity index is 1.59. The fourth-order valence-electron chi connectivity index (χ4n) is 4.46. The van der Waals surface area contributed by atoms with Gasteiger partial charge in [-0.05, 0) is 44.2 Å². The van der Waals surface area contributed by atoms with Gasteiger partial charge in [0.25, 0.3) is 11.5 Å². The second kappa shape index (κ2) is 9.56. The minimum absolute atomic E-state index is 0.186. The molecule has 1 aromatic carbocycles. The SMILES string of the molecule is Cc1ccc2nc(N3CCN(C)CC3)c(/C=C3\SC(=S)N([C@@H](C)c4ccccc4)C3=O)c(=O)n2c1. The number of anilines is 1. The third-order valence-electron chi connectivity index (χ3n) is 6.56. The lowest BCUT2D eigenvalue weighted by Crippen LogP contribution is -2.45. The summed E-state index contributed by atoms with van der Waals surface area (Å²) in [5.74, 6) is 0.433. The summed E-state index contributed by atoms with van der Waals surface area (Å²) in [6, 6.07) is 13.4. The number of thiocarbonyl (C=S) groups is 1. The van der Waals surface area contributed by atoms with Crippen LogP contribution in [-0.4, -0.2) is 62.6 Å². The normalized spacial score (nSPS) is 19.2. The molecule has 180 valence electrons. The number of pyridine rings is 1. The molecule has 4 heterocycles. The van der Waals surface area contributed by atoms with Crippen molar-refractivity contribution in [2.24, 2.45) is 0 Å². The third kappa shape index (κ3) is 4.51.